The van der Waals surface area contributed by atoms with Crippen molar-refractivity contribution in [3.8, 4) is 11.5 Å². The number of nitrogens with one attached hydrogen (secondary N) is 1. The number of halogens is 1. The second-order valence-electron chi connectivity index (χ2n) is 8.31. The van der Waals surface area contributed by atoms with Gasteiger partial charge in [0.15, 0.2) is 11.5 Å². The fourth-order valence-electron chi connectivity index (χ4n) is 4.37. The van der Waals surface area contributed by atoms with E-state index in [0.717, 1.165) is 29.6 Å². The fourth-order valence-corrected chi connectivity index (χ4v) is 4.50. The number of nitrogens with zero attached hydrogens (tertiary/aromatic N) is 6. The van der Waals surface area contributed by atoms with E-state index in [1.54, 1.807) is 15.6 Å². The van der Waals surface area contributed by atoms with Crippen LogP contribution in [0.1, 0.15) is 44.2 Å². The van der Waals surface area contributed by atoms with E-state index in [1.165, 1.54) is 25.6 Å². The normalized spacial score (nSPS) is 14.7. The van der Waals surface area contributed by atoms with Crippen molar-refractivity contribution in [3.05, 3.63) is 53.6 Å². The molecule has 1 N–H and O–H groups in total. The molecule has 32 heavy (non-hydrogen) atoms. The number of hydrogen-bond donors (Lipinski definition) is 1. The largest absolute Gasteiger partial charge is 0.311 e. The Morgan fingerprint density at radius 2 is 1.91 bits per heavy atom. The SMILES string of the molecule is Cc1cc(NC(=O)CC2CCCCC2)n(-c2ncnc3c2cnn3-c2ccc(Cl)cc2)n1. The molecule has 0 spiro atoms. The van der Waals surface area contributed by atoms with Crippen LogP contribution in [0.25, 0.3) is 22.5 Å². The van der Waals surface area contributed by atoms with Gasteiger partial charge in [0, 0.05) is 17.5 Å². The number of anilines is 1. The zero-order valence-corrected chi connectivity index (χ0v) is 18.6. The van der Waals surface area contributed by atoms with E-state index in [-0.39, 0.29) is 5.91 Å². The lowest BCUT2D eigenvalue weighted by molar-refractivity contribution is -0.117. The predicted octanol–water partition coefficient (Wildman–Crippen LogP) is 4.87. The first-order valence-corrected chi connectivity index (χ1v) is 11.3. The first-order valence-electron chi connectivity index (χ1n) is 10.9. The lowest BCUT2D eigenvalue weighted by Crippen LogP contribution is -2.20. The van der Waals surface area contributed by atoms with Crippen LogP contribution in [0.3, 0.4) is 0 Å². The number of fused-ring (bicyclic) bond motifs is 1. The summed E-state index contributed by atoms with van der Waals surface area (Å²) in [6.45, 7) is 1.89. The highest BCUT2D eigenvalue weighted by atomic mass is 35.5. The summed E-state index contributed by atoms with van der Waals surface area (Å²) in [5.41, 5.74) is 2.27. The zero-order valence-electron chi connectivity index (χ0n) is 17.8. The van der Waals surface area contributed by atoms with E-state index in [0.29, 0.717) is 34.6 Å². The number of carbonyl (C=O) groups is 1. The third kappa shape index (κ3) is 4.10. The Balaban J connectivity index is 1.47. The van der Waals surface area contributed by atoms with Gasteiger partial charge in [-0.1, -0.05) is 30.9 Å². The molecule has 1 aliphatic carbocycles. The molecule has 3 heterocycles. The van der Waals surface area contributed by atoms with E-state index in [9.17, 15) is 4.79 Å². The molecule has 0 unspecified atom stereocenters. The van der Waals surface area contributed by atoms with Crippen molar-refractivity contribution < 1.29 is 4.79 Å². The van der Waals surface area contributed by atoms with Crippen LogP contribution < -0.4 is 5.32 Å². The summed E-state index contributed by atoms with van der Waals surface area (Å²) in [6.07, 6.45) is 9.69. The average molecular weight is 450 g/mol. The van der Waals surface area contributed by atoms with Gasteiger partial charge in [-0.25, -0.2) is 14.6 Å². The van der Waals surface area contributed by atoms with Gasteiger partial charge >= 0.3 is 0 Å². The number of aromatic nitrogens is 6. The summed E-state index contributed by atoms with van der Waals surface area (Å²) < 4.78 is 3.39. The summed E-state index contributed by atoms with van der Waals surface area (Å²) in [6, 6.07) is 9.24. The summed E-state index contributed by atoms with van der Waals surface area (Å²) in [7, 11) is 0. The van der Waals surface area contributed by atoms with Gasteiger partial charge < -0.3 is 5.32 Å². The summed E-state index contributed by atoms with van der Waals surface area (Å²) >= 11 is 6.02. The molecule has 1 aliphatic rings. The van der Waals surface area contributed by atoms with E-state index < -0.39 is 0 Å². The van der Waals surface area contributed by atoms with Crippen molar-refractivity contribution in [3.63, 3.8) is 0 Å². The predicted molar refractivity (Wildman–Crippen MR) is 123 cm³/mol. The van der Waals surface area contributed by atoms with Gasteiger partial charge in [-0.2, -0.15) is 14.9 Å². The van der Waals surface area contributed by atoms with Crippen LogP contribution in [0.5, 0.6) is 0 Å². The van der Waals surface area contributed by atoms with Crippen molar-refractivity contribution in [1.82, 2.24) is 29.5 Å². The van der Waals surface area contributed by atoms with Crippen LogP contribution in [-0.4, -0.2) is 35.4 Å². The highest BCUT2D eigenvalue weighted by Gasteiger charge is 2.20. The molecule has 3 aromatic heterocycles. The van der Waals surface area contributed by atoms with Crippen molar-refractivity contribution in [2.45, 2.75) is 45.4 Å². The van der Waals surface area contributed by atoms with Crippen LogP contribution in [0, 0.1) is 12.8 Å². The molecule has 164 valence electrons. The second-order valence-corrected chi connectivity index (χ2v) is 8.74. The Labute approximate surface area is 190 Å². The molecule has 1 aromatic carbocycles. The van der Waals surface area contributed by atoms with Crippen LogP contribution in [0.15, 0.2) is 42.9 Å². The van der Waals surface area contributed by atoms with Gasteiger partial charge in [0.1, 0.15) is 12.1 Å². The molecule has 4 aromatic rings. The van der Waals surface area contributed by atoms with E-state index in [4.69, 9.17) is 11.6 Å². The number of carbonyl (C=O) groups excluding carboxylic acids is 1. The fraction of sp³-hybridized carbons (Fsp3) is 0.348. The minimum atomic E-state index is 0.0141. The van der Waals surface area contributed by atoms with Crippen molar-refractivity contribution in [2.75, 3.05) is 5.32 Å². The molecule has 0 aliphatic heterocycles. The van der Waals surface area contributed by atoms with Crippen LogP contribution in [-0.2, 0) is 4.79 Å². The molecule has 5 rings (SSSR count). The first kappa shape index (κ1) is 20.6. The molecule has 8 nitrogen and oxygen atoms in total. The molecule has 0 saturated heterocycles. The number of benzene rings is 1. The second kappa shape index (κ2) is 8.70. The van der Waals surface area contributed by atoms with Crippen LogP contribution in [0.4, 0.5) is 5.82 Å². The topological polar surface area (TPSA) is 90.5 Å². The van der Waals surface area contributed by atoms with Crippen LogP contribution in [0.2, 0.25) is 5.02 Å². The zero-order chi connectivity index (χ0) is 22.1. The lowest BCUT2D eigenvalue weighted by Gasteiger charge is -2.20. The molecular formula is C23H24ClN7O. The minimum Gasteiger partial charge on any atom is -0.311 e. The molecule has 9 heteroatoms. The van der Waals surface area contributed by atoms with Crippen molar-refractivity contribution in [2.24, 2.45) is 5.92 Å². The number of rotatable bonds is 5. The van der Waals surface area contributed by atoms with Gasteiger partial charge in [0.05, 0.1) is 23.0 Å². The molecular weight excluding hydrogens is 426 g/mol. The van der Waals surface area contributed by atoms with Gasteiger partial charge in [0.25, 0.3) is 0 Å². The molecule has 1 fully saturated rings. The smallest absolute Gasteiger partial charge is 0.225 e. The number of aryl methyl sites for hydroxylation is 1. The summed E-state index contributed by atoms with van der Waals surface area (Å²) in [4.78, 5) is 21.6. The molecule has 0 radical (unpaired) electrons. The standard InChI is InChI=1S/C23H24ClN7O/c1-15-11-20(28-21(32)12-16-5-3-2-4-6-16)31(29-15)23-19-13-27-30(22(19)25-14-26-23)18-9-7-17(24)8-10-18/h7-11,13-14,16H,2-6,12H2,1H3,(H,28,32). The third-order valence-corrected chi connectivity index (χ3v) is 6.17. The van der Waals surface area contributed by atoms with Crippen LogP contribution >= 0.6 is 11.6 Å². The Kier molecular flexibility index (Phi) is 5.61. The number of hydrogen-bond acceptors (Lipinski definition) is 5. The van der Waals surface area contributed by atoms with Gasteiger partial charge in [0.2, 0.25) is 5.91 Å². The quantitative estimate of drug-likeness (QED) is 0.469. The maximum atomic E-state index is 12.7. The molecule has 1 saturated carbocycles. The van der Waals surface area contributed by atoms with Crippen molar-refractivity contribution >= 4 is 34.4 Å². The summed E-state index contributed by atoms with van der Waals surface area (Å²) in [5, 5.41) is 13.5. The monoisotopic (exact) mass is 449 g/mol. The van der Waals surface area contributed by atoms with Gasteiger partial charge in [-0.05, 0) is 49.9 Å². The Bertz CT molecular complexity index is 1260. The minimum absolute atomic E-state index is 0.0141. The van der Waals surface area contributed by atoms with Gasteiger partial charge in [-0.3, -0.25) is 4.79 Å². The van der Waals surface area contributed by atoms with E-state index in [2.05, 4.69) is 25.5 Å². The first-order chi connectivity index (χ1) is 15.6. The Hall–Kier alpha value is -3.26. The molecule has 0 atom stereocenters. The van der Waals surface area contributed by atoms with Gasteiger partial charge in [-0.15, -0.1) is 0 Å². The lowest BCUT2D eigenvalue weighted by atomic mass is 9.87. The van der Waals surface area contributed by atoms with E-state index in [1.807, 2.05) is 37.3 Å². The molecule has 1 amide bonds. The maximum absolute atomic E-state index is 12.7. The number of amides is 1. The third-order valence-electron chi connectivity index (χ3n) is 5.91. The summed E-state index contributed by atoms with van der Waals surface area (Å²) in [5.74, 6) is 1.64. The highest BCUT2D eigenvalue weighted by molar-refractivity contribution is 6.30. The Morgan fingerprint density at radius 1 is 1.12 bits per heavy atom. The maximum Gasteiger partial charge on any atom is 0.225 e. The van der Waals surface area contributed by atoms with E-state index >= 15 is 0 Å². The Morgan fingerprint density at radius 3 is 2.69 bits per heavy atom. The average Bonchev–Trinajstić information content (AvgIpc) is 3.38. The van der Waals surface area contributed by atoms with Crippen molar-refractivity contribution in [1.29, 1.82) is 0 Å². The molecule has 0 bridgehead atoms. The highest BCUT2D eigenvalue weighted by Crippen LogP contribution is 2.28.